The molecule has 3 heterocycles. The number of fused-ring (bicyclic) bond motifs is 1. The Morgan fingerprint density at radius 2 is 2.33 bits per heavy atom. The number of aromatic nitrogens is 3. The van der Waals surface area contributed by atoms with E-state index in [4.69, 9.17) is 9.73 Å². The van der Waals surface area contributed by atoms with Crippen molar-refractivity contribution >= 4 is 5.96 Å². The van der Waals surface area contributed by atoms with Gasteiger partial charge in [0.05, 0.1) is 6.10 Å². The maximum Gasteiger partial charge on any atom is 0.194 e. The van der Waals surface area contributed by atoms with E-state index < -0.39 is 0 Å². The molecule has 24 heavy (non-hydrogen) atoms. The first-order valence-electron chi connectivity index (χ1n) is 8.79. The number of aliphatic imine (C=N–C) groups is 1. The van der Waals surface area contributed by atoms with Crippen LogP contribution in [0.4, 0.5) is 0 Å². The summed E-state index contributed by atoms with van der Waals surface area (Å²) in [6.45, 7) is 9.88. The highest BCUT2D eigenvalue weighted by Gasteiger charge is 2.33. The lowest BCUT2D eigenvalue weighted by Crippen LogP contribution is -2.52. The van der Waals surface area contributed by atoms with Crippen molar-refractivity contribution in [2.45, 2.75) is 38.8 Å². The Morgan fingerprint density at radius 3 is 3.08 bits per heavy atom. The second-order valence-corrected chi connectivity index (χ2v) is 6.58. The van der Waals surface area contributed by atoms with Crippen molar-refractivity contribution in [3.05, 3.63) is 24.3 Å². The van der Waals surface area contributed by atoms with Gasteiger partial charge in [-0.3, -0.25) is 0 Å². The normalized spacial score (nSPS) is 24.6. The molecule has 0 bridgehead atoms. The maximum absolute atomic E-state index is 5.91. The number of hydrogen-bond acceptors (Lipinski definition) is 4. The molecule has 1 aromatic heterocycles. The van der Waals surface area contributed by atoms with Crippen molar-refractivity contribution < 1.29 is 4.74 Å². The molecular formula is C17H28N6O. The minimum absolute atomic E-state index is 0.428. The third-order valence-electron chi connectivity index (χ3n) is 4.97. The molecule has 2 saturated heterocycles. The van der Waals surface area contributed by atoms with E-state index in [0.717, 1.165) is 43.7 Å². The first kappa shape index (κ1) is 17.0. The average Bonchev–Trinajstić information content (AvgIpc) is 2.93. The van der Waals surface area contributed by atoms with Gasteiger partial charge in [-0.15, -0.1) is 16.8 Å². The Hall–Kier alpha value is -1.89. The van der Waals surface area contributed by atoms with Gasteiger partial charge in [0.15, 0.2) is 11.8 Å². The summed E-state index contributed by atoms with van der Waals surface area (Å²) in [5.41, 5.74) is 0. The number of nitrogens with zero attached hydrogens (tertiary/aromatic N) is 5. The summed E-state index contributed by atoms with van der Waals surface area (Å²) >= 11 is 0. The highest BCUT2D eigenvalue weighted by Crippen LogP contribution is 2.28. The molecule has 3 rings (SSSR count). The fourth-order valence-corrected chi connectivity index (χ4v) is 3.45. The van der Waals surface area contributed by atoms with Crippen LogP contribution in [0.5, 0.6) is 0 Å². The van der Waals surface area contributed by atoms with Gasteiger partial charge >= 0.3 is 0 Å². The minimum Gasteiger partial charge on any atom is -0.378 e. The van der Waals surface area contributed by atoms with Gasteiger partial charge in [-0.25, -0.2) is 4.99 Å². The molecule has 2 fully saturated rings. The molecule has 0 aliphatic carbocycles. The van der Waals surface area contributed by atoms with E-state index in [1.807, 2.05) is 24.6 Å². The Kier molecular flexibility index (Phi) is 5.50. The maximum atomic E-state index is 5.91. The Morgan fingerprint density at radius 1 is 1.46 bits per heavy atom. The second-order valence-electron chi connectivity index (χ2n) is 6.58. The van der Waals surface area contributed by atoms with E-state index in [0.29, 0.717) is 25.1 Å². The van der Waals surface area contributed by atoms with Crippen LogP contribution in [0.1, 0.15) is 30.9 Å². The zero-order valence-corrected chi connectivity index (χ0v) is 14.7. The molecule has 2 unspecified atom stereocenters. The number of likely N-dealkylation sites (tertiary alicyclic amines) is 1. The van der Waals surface area contributed by atoms with E-state index in [2.05, 4.69) is 27.0 Å². The van der Waals surface area contributed by atoms with E-state index in [9.17, 15) is 0 Å². The van der Waals surface area contributed by atoms with Gasteiger partial charge in [0, 0.05) is 39.2 Å². The Balaban J connectivity index is 1.69. The SMILES string of the molecule is C=CCNC(=NCc1nnc(C)n1C)N1CCC2OCCCC2C1. The van der Waals surface area contributed by atoms with E-state index >= 15 is 0 Å². The van der Waals surface area contributed by atoms with Crippen molar-refractivity contribution in [3.63, 3.8) is 0 Å². The van der Waals surface area contributed by atoms with Crippen molar-refractivity contribution in [3.8, 4) is 0 Å². The first-order chi connectivity index (χ1) is 11.7. The largest absolute Gasteiger partial charge is 0.378 e. The predicted molar refractivity (Wildman–Crippen MR) is 93.7 cm³/mol. The summed E-state index contributed by atoms with van der Waals surface area (Å²) in [4.78, 5) is 7.14. The highest BCUT2D eigenvalue weighted by molar-refractivity contribution is 5.80. The zero-order valence-electron chi connectivity index (χ0n) is 14.7. The fourth-order valence-electron chi connectivity index (χ4n) is 3.45. The minimum atomic E-state index is 0.428. The third kappa shape index (κ3) is 3.77. The van der Waals surface area contributed by atoms with E-state index in [1.165, 1.54) is 12.8 Å². The summed E-state index contributed by atoms with van der Waals surface area (Å²) in [6, 6.07) is 0. The van der Waals surface area contributed by atoms with Crippen molar-refractivity contribution in [1.29, 1.82) is 0 Å². The van der Waals surface area contributed by atoms with Crippen LogP contribution in [-0.2, 0) is 18.3 Å². The Bertz CT molecular complexity index is 596. The molecule has 0 aromatic carbocycles. The molecule has 1 N–H and O–H groups in total. The van der Waals surface area contributed by atoms with Crippen molar-refractivity contribution in [1.82, 2.24) is 25.0 Å². The monoisotopic (exact) mass is 332 g/mol. The van der Waals surface area contributed by atoms with Gasteiger partial charge in [-0.2, -0.15) is 0 Å². The van der Waals surface area contributed by atoms with Crippen LogP contribution in [-0.4, -0.2) is 58.0 Å². The molecule has 0 saturated carbocycles. The fraction of sp³-hybridized carbons (Fsp3) is 0.706. The lowest BCUT2D eigenvalue weighted by molar-refractivity contribution is -0.0559. The van der Waals surface area contributed by atoms with Gasteiger partial charge in [0.25, 0.3) is 0 Å². The van der Waals surface area contributed by atoms with Crippen LogP contribution in [0.2, 0.25) is 0 Å². The molecule has 132 valence electrons. The number of hydrogen-bond donors (Lipinski definition) is 1. The molecular weight excluding hydrogens is 304 g/mol. The van der Waals surface area contributed by atoms with Crippen LogP contribution in [0.15, 0.2) is 17.6 Å². The van der Waals surface area contributed by atoms with Gasteiger partial charge < -0.3 is 19.5 Å². The first-order valence-corrected chi connectivity index (χ1v) is 8.79. The average molecular weight is 332 g/mol. The number of guanidine groups is 1. The molecule has 2 aliphatic rings. The van der Waals surface area contributed by atoms with Gasteiger partial charge in [0.1, 0.15) is 12.4 Å². The Labute approximate surface area is 143 Å². The molecule has 0 radical (unpaired) electrons. The van der Waals surface area contributed by atoms with Gasteiger partial charge in [-0.1, -0.05) is 6.08 Å². The summed E-state index contributed by atoms with van der Waals surface area (Å²) in [6.07, 6.45) is 5.77. The smallest absolute Gasteiger partial charge is 0.194 e. The van der Waals surface area contributed by atoms with Crippen LogP contribution in [0.25, 0.3) is 0 Å². The van der Waals surface area contributed by atoms with Crippen molar-refractivity contribution in [2.75, 3.05) is 26.2 Å². The molecule has 0 spiro atoms. The lowest BCUT2D eigenvalue weighted by Gasteiger charge is -2.42. The van der Waals surface area contributed by atoms with Crippen LogP contribution in [0.3, 0.4) is 0 Å². The summed E-state index contributed by atoms with van der Waals surface area (Å²) < 4.78 is 7.90. The second kappa shape index (κ2) is 7.79. The number of aryl methyl sites for hydroxylation is 1. The molecule has 7 nitrogen and oxygen atoms in total. The quantitative estimate of drug-likeness (QED) is 0.511. The molecule has 7 heteroatoms. The summed E-state index contributed by atoms with van der Waals surface area (Å²) in [5, 5.41) is 11.7. The van der Waals surface area contributed by atoms with Crippen LogP contribution in [0, 0.1) is 12.8 Å². The zero-order chi connectivity index (χ0) is 16.9. The predicted octanol–water partition coefficient (Wildman–Crippen LogP) is 1.26. The van der Waals surface area contributed by atoms with Gasteiger partial charge in [-0.05, 0) is 26.2 Å². The topological polar surface area (TPSA) is 67.6 Å². The number of nitrogens with one attached hydrogen (secondary N) is 1. The number of piperidine rings is 1. The lowest BCUT2D eigenvalue weighted by atomic mass is 9.88. The van der Waals surface area contributed by atoms with Gasteiger partial charge in [0.2, 0.25) is 0 Å². The van der Waals surface area contributed by atoms with E-state index in [1.54, 1.807) is 0 Å². The molecule has 1 aromatic rings. The molecule has 0 amide bonds. The number of ether oxygens (including phenoxy) is 1. The third-order valence-corrected chi connectivity index (χ3v) is 4.97. The summed E-state index contributed by atoms with van der Waals surface area (Å²) in [5.74, 6) is 3.32. The molecule has 2 aliphatic heterocycles. The van der Waals surface area contributed by atoms with Crippen molar-refractivity contribution in [2.24, 2.45) is 18.0 Å². The van der Waals surface area contributed by atoms with E-state index in [-0.39, 0.29) is 0 Å². The highest BCUT2D eigenvalue weighted by atomic mass is 16.5. The van der Waals surface area contributed by atoms with Crippen LogP contribution >= 0.6 is 0 Å². The standard InChI is InChI=1S/C17H28N6O/c1-4-8-18-17(19-11-16-21-20-13(2)22(16)3)23-9-7-15-14(12-23)6-5-10-24-15/h4,14-15H,1,5-12H2,2-3H3,(H,18,19). The summed E-state index contributed by atoms with van der Waals surface area (Å²) in [7, 11) is 1.97. The van der Waals surface area contributed by atoms with Crippen LogP contribution < -0.4 is 5.32 Å². The number of rotatable bonds is 4. The molecule has 2 atom stereocenters.